The van der Waals surface area contributed by atoms with E-state index in [0.29, 0.717) is 6.54 Å². The number of alkyl carbamates (subject to hydrolysis) is 1. The summed E-state index contributed by atoms with van der Waals surface area (Å²) < 4.78 is 5.15. The van der Waals surface area contributed by atoms with E-state index < -0.39 is 11.7 Å². The normalized spacial score (nSPS) is 11.2. The molecule has 4 nitrogen and oxygen atoms in total. The van der Waals surface area contributed by atoms with Crippen molar-refractivity contribution in [2.75, 3.05) is 0 Å². The molecule has 0 saturated carbocycles. The monoisotopic (exact) mass is 251 g/mol. The lowest BCUT2D eigenvalue weighted by atomic mass is 10.1. The fraction of sp³-hybridized carbons (Fsp3) is 0.500. The Morgan fingerprint density at radius 3 is 2.44 bits per heavy atom. The molecule has 0 saturated heterocycles. The molecule has 0 fully saturated rings. The molecular weight excluding hydrogens is 230 g/mol. The first kappa shape index (κ1) is 14.5. The van der Waals surface area contributed by atoms with Gasteiger partial charge in [-0.2, -0.15) is 0 Å². The SMILES string of the molecule is Cc1cc(CO)cc(CNC(=O)OC(C)(C)C)c1. The number of carbonyl (C=O) groups is 1. The second-order valence-electron chi connectivity index (χ2n) is 5.34. The first-order chi connectivity index (χ1) is 8.30. The van der Waals surface area contributed by atoms with Gasteiger partial charge in [-0.15, -0.1) is 0 Å². The standard InChI is InChI=1S/C14H21NO3/c1-10-5-11(7-12(6-10)9-16)8-15-13(17)18-14(2,3)4/h5-7,16H,8-9H2,1-4H3,(H,15,17). The van der Waals surface area contributed by atoms with E-state index in [-0.39, 0.29) is 6.61 Å². The van der Waals surface area contributed by atoms with Crippen LogP contribution in [0.15, 0.2) is 18.2 Å². The summed E-state index contributed by atoms with van der Waals surface area (Å²) in [6.45, 7) is 7.82. The van der Waals surface area contributed by atoms with Crippen molar-refractivity contribution in [3.8, 4) is 0 Å². The van der Waals surface area contributed by atoms with Crippen LogP contribution in [0, 0.1) is 6.92 Å². The molecule has 0 radical (unpaired) electrons. The lowest BCUT2D eigenvalue weighted by molar-refractivity contribution is 0.0523. The summed E-state index contributed by atoms with van der Waals surface area (Å²) in [5, 5.41) is 11.8. The van der Waals surface area contributed by atoms with E-state index in [9.17, 15) is 4.79 Å². The van der Waals surface area contributed by atoms with Crippen LogP contribution in [-0.2, 0) is 17.9 Å². The number of hydrogen-bond donors (Lipinski definition) is 2. The van der Waals surface area contributed by atoms with Crippen LogP contribution < -0.4 is 5.32 Å². The van der Waals surface area contributed by atoms with Crippen molar-refractivity contribution in [2.24, 2.45) is 0 Å². The van der Waals surface area contributed by atoms with Crippen molar-refractivity contribution in [1.29, 1.82) is 0 Å². The predicted octanol–water partition coefficient (Wildman–Crippen LogP) is 2.51. The number of rotatable bonds is 3. The van der Waals surface area contributed by atoms with Gasteiger partial charge in [-0.3, -0.25) is 0 Å². The van der Waals surface area contributed by atoms with E-state index in [0.717, 1.165) is 16.7 Å². The summed E-state index contributed by atoms with van der Waals surface area (Å²) in [4.78, 5) is 11.5. The van der Waals surface area contributed by atoms with Gasteiger partial charge >= 0.3 is 6.09 Å². The number of aryl methyl sites for hydroxylation is 1. The van der Waals surface area contributed by atoms with Crippen LogP contribution in [0.25, 0.3) is 0 Å². The molecule has 0 aliphatic carbocycles. The van der Waals surface area contributed by atoms with Crippen molar-refractivity contribution in [3.05, 3.63) is 34.9 Å². The highest BCUT2D eigenvalue weighted by atomic mass is 16.6. The topological polar surface area (TPSA) is 58.6 Å². The second kappa shape index (κ2) is 5.87. The maximum atomic E-state index is 11.5. The molecule has 1 rings (SSSR count). The molecule has 4 heteroatoms. The fourth-order valence-electron chi connectivity index (χ4n) is 1.63. The quantitative estimate of drug-likeness (QED) is 0.867. The van der Waals surface area contributed by atoms with Gasteiger partial charge in [0, 0.05) is 6.54 Å². The number of hydrogen-bond acceptors (Lipinski definition) is 3. The molecule has 2 N–H and O–H groups in total. The molecule has 1 amide bonds. The van der Waals surface area contributed by atoms with Gasteiger partial charge in [0.1, 0.15) is 5.60 Å². The Morgan fingerprint density at radius 2 is 1.89 bits per heavy atom. The van der Waals surface area contributed by atoms with Gasteiger partial charge < -0.3 is 15.2 Å². The number of ether oxygens (including phenoxy) is 1. The van der Waals surface area contributed by atoms with Crippen LogP contribution in [0.1, 0.15) is 37.5 Å². The molecule has 100 valence electrons. The summed E-state index contributed by atoms with van der Waals surface area (Å²) in [7, 11) is 0. The highest BCUT2D eigenvalue weighted by molar-refractivity contribution is 5.67. The summed E-state index contributed by atoms with van der Waals surface area (Å²) in [5.41, 5.74) is 2.36. The Labute approximate surface area is 108 Å². The minimum absolute atomic E-state index is 0.00111. The summed E-state index contributed by atoms with van der Waals surface area (Å²) >= 11 is 0. The molecule has 18 heavy (non-hydrogen) atoms. The van der Waals surface area contributed by atoms with Crippen molar-refractivity contribution in [3.63, 3.8) is 0 Å². The highest BCUT2D eigenvalue weighted by Gasteiger charge is 2.15. The number of aliphatic hydroxyl groups excluding tert-OH is 1. The van der Waals surface area contributed by atoms with Crippen LogP contribution >= 0.6 is 0 Å². The molecule has 1 aromatic carbocycles. The van der Waals surface area contributed by atoms with E-state index in [1.165, 1.54) is 0 Å². The highest BCUT2D eigenvalue weighted by Crippen LogP contribution is 2.11. The van der Waals surface area contributed by atoms with Gasteiger partial charge in [0.2, 0.25) is 0 Å². The van der Waals surface area contributed by atoms with Gasteiger partial charge in [0.25, 0.3) is 0 Å². The van der Waals surface area contributed by atoms with Crippen LogP contribution in [0.2, 0.25) is 0 Å². The predicted molar refractivity (Wildman–Crippen MR) is 70.2 cm³/mol. The molecule has 0 heterocycles. The number of nitrogens with one attached hydrogen (secondary N) is 1. The minimum Gasteiger partial charge on any atom is -0.444 e. The zero-order chi connectivity index (χ0) is 13.8. The molecule has 0 bridgehead atoms. The Balaban J connectivity index is 2.58. The number of aliphatic hydroxyl groups is 1. The third-order valence-electron chi connectivity index (χ3n) is 2.22. The van der Waals surface area contributed by atoms with E-state index in [1.807, 2.05) is 45.9 Å². The Bertz CT molecular complexity index is 422. The molecule has 1 aromatic rings. The summed E-state index contributed by atoms with van der Waals surface area (Å²) in [6.07, 6.45) is -0.436. The first-order valence-electron chi connectivity index (χ1n) is 5.97. The maximum absolute atomic E-state index is 11.5. The average Bonchev–Trinajstić information content (AvgIpc) is 2.23. The van der Waals surface area contributed by atoms with E-state index >= 15 is 0 Å². The van der Waals surface area contributed by atoms with Crippen molar-refractivity contribution in [1.82, 2.24) is 5.32 Å². The minimum atomic E-state index is -0.493. The molecule has 0 aliphatic heterocycles. The van der Waals surface area contributed by atoms with E-state index in [4.69, 9.17) is 9.84 Å². The van der Waals surface area contributed by atoms with Gasteiger partial charge in [-0.25, -0.2) is 4.79 Å². The summed E-state index contributed by atoms with van der Waals surface area (Å²) in [5.74, 6) is 0. The Kier molecular flexibility index (Phi) is 4.73. The maximum Gasteiger partial charge on any atom is 0.407 e. The van der Waals surface area contributed by atoms with Gasteiger partial charge in [-0.1, -0.05) is 23.8 Å². The molecule has 0 atom stereocenters. The lowest BCUT2D eigenvalue weighted by Gasteiger charge is -2.19. The molecule has 0 aromatic heterocycles. The summed E-state index contributed by atoms with van der Waals surface area (Å²) in [6, 6.07) is 5.75. The largest absolute Gasteiger partial charge is 0.444 e. The third-order valence-corrected chi connectivity index (χ3v) is 2.22. The molecular formula is C14H21NO3. The Morgan fingerprint density at radius 1 is 1.28 bits per heavy atom. The van der Waals surface area contributed by atoms with Crippen molar-refractivity contribution in [2.45, 2.75) is 46.4 Å². The first-order valence-corrected chi connectivity index (χ1v) is 5.97. The smallest absolute Gasteiger partial charge is 0.407 e. The van der Waals surface area contributed by atoms with Crippen LogP contribution in [0.4, 0.5) is 4.79 Å². The van der Waals surface area contributed by atoms with Crippen LogP contribution in [0.3, 0.4) is 0 Å². The van der Waals surface area contributed by atoms with Gasteiger partial charge in [0.05, 0.1) is 6.61 Å². The number of carbonyl (C=O) groups excluding carboxylic acids is 1. The van der Waals surface area contributed by atoms with Crippen LogP contribution in [0.5, 0.6) is 0 Å². The number of benzene rings is 1. The van der Waals surface area contributed by atoms with Crippen LogP contribution in [-0.4, -0.2) is 16.8 Å². The average molecular weight is 251 g/mol. The molecule has 0 spiro atoms. The zero-order valence-electron chi connectivity index (χ0n) is 11.4. The molecule has 0 unspecified atom stereocenters. The second-order valence-corrected chi connectivity index (χ2v) is 5.34. The fourth-order valence-corrected chi connectivity index (χ4v) is 1.63. The third kappa shape index (κ3) is 5.19. The molecule has 0 aliphatic rings. The van der Waals surface area contributed by atoms with E-state index in [2.05, 4.69) is 5.32 Å². The van der Waals surface area contributed by atoms with Crippen molar-refractivity contribution < 1.29 is 14.6 Å². The van der Waals surface area contributed by atoms with Gasteiger partial charge in [0.15, 0.2) is 0 Å². The zero-order valence-corrected chi connectivity index (χ0v) is 11.4. The lowest BCUT2D eigenvalue weighted by Crippen LogP contribution is -2.32. The number of amides is 1. The van der Waals surface area contributed by atoms with Crippen molar-refractivity contribution >= 4 is 6.09 Å². The van der Waals surface area contributed by atoms with Gasteiger partial charge in [-0.05, 0) is 38.8 Å². The Hall–Kier alpha value is -1.55. The van der Waals surface area contributed by atoms with E-state index in [1.54, 1.807) is 0 Å².